The Kier molecular flexibility index (Phi) is 3.96. The Morgan fingerprint density at radius 2 is 2.20 bits per heavy atom. The van der Waals surface area contributed by atoms with Gasteiger partial charge in [0.15, 0.2) is 0 Å². The molecule has 2 rings (SSSR count). The minimum atomic E-state index is -3.90. The Morgan fingerprint density at radius 3 is 2.80 bits per heavy atom. The summed E-state index contributed by atoms with van der Waals surface area (Å²) in [5.74, 6) is -1.28. The van der Waals surface area contributed by atoms with E-state index in [0.29, 0.717) is 12.8 Å². The molecule has 1 heterocycles. The molecule has 0 aromatic heterocycles. The number of nitrogens with zero attached hydrogens (tertiary/aromatic N) is 1. The van der Waals surface area contributed by atoms with E-state index >= 15 is 0 Å². The van der Waals surface area contributed by atoms with Gasteiger partial charge in [-0.3, -0.25) is 4.79 Å². The van der Waals surface area contributed by atoms with Crippen LogP contribution in [0.15, 0.2) is 23.1 Å². The number of carbonyl (C=O) groups excluding carboxylic acids is 1. The first-order chi connectivity index (χ1) is 9.37. The van der Waals surface area contributed by atoms with E-state index in [-0.39, 0.29) is 17.1 Å². The second-order valence-electron chi connectivity index (χ2n) is 4.48. The molecule has 1 aromatic rings. The fraction of sp³-hybridized carbons (Fsp3) is 0.417. The number of methoxy groups -OCH3 is 1. The minimum absolute atomic E-state index is 0.132. The molecule has 1 atom stereocenters. The van der Waals surface area contributed by atoms with Crippen LogP contribution in [0.3, 0.4) is 0 Å². The van der Waals surface area contributed by atoms with Crippen LogP contribution in [0.25, 0.3) is 0 Å². The van der Waals surface area contributed by atoms with E-state index in [4.69, 9.17) is 5.73 Å². The van der Waals surface area contributed by atoms with Gasteiger partial charge in [-0.1, -0.05) is 0 Å². The largest absolute Gasteiger partial charge is 0.468 e. The van der Waals surface area contributed by atoms with Gasteiger partial charge < -0.3 is 10.5 Å². The van der Waals surface area contributed by atoms with Crippen LogP contribution in [0.2, 0.25) is 0 Å². The van der Waals surface area contributed by atoms with Crippen LogP contribution >= 0.6 is 0 Å². The molecule has 1 aromatic carbocycles. The van der Waals surface area contributed by atoms with Gasteiger partial charge in [0.1, 0.15) is 11.9 Å². The number of rotatable bonds is 3. The summed E-state index contributed by atoms with van der Waals surface area (Å²) in [5.41, 5.74) is 5.14. The average molecular weight is 302 g/mol. The lowest BCUT2D eigenvalue weighted by Gasteiger charge is -2.22. The SMILES string of the molecule is COC(=O)C1CCCN1S(=O)(=O)c1ccc(F)c(N)c1. The molecule has 110 valence electrons. The molecule has 20 heavy (non-hydrogen) atoms. The van der Waals surface area contributed by atoms with E-state index in [0.717, 1.165) is 22.5 Å². The lowest BCUT2D eigenvalue weighted by atomic mass is 10.2. The molecule has 8 heteroatoms. The number of nitrogens with two attached hydrogens (primary N) is 1. The van der Waals surface area contributed by atoms with E-state index in [1.165, 1.54) is 7.11 Å². The second kappa shape index (κ2) is 5.37. The highest BCUT2D eigenvalue weighted by molar-refractivity contribution is 7.89. The van der Waals surface area contributed by atoms with Crippen LogP contribution in [0.1, 0.15) is 12.8 Å². The van der Waals surface area contributed by atoms with Gasteiger partial charge in [-0.25, -0.2) is 12.8 Å². The van der Waals surface area contributed by atoms with Gasteiger partial charge in [-0.2, -0.15) is 4.31 Å². The lowest BCUT2D eigenvalue weighted by Crippen LogP contribution is -2.41. The van der Waals surface area contributed by atoms with Crippen molar-refractivity contribution in [3.8, 4) is 0 Å². The number of hydrogen-bond donors (Lipinski definition) is 1. The third-order valence-electron chi connectivity index (χ3n) is 3.25. The number of hydrogen-bond acceptors (Lipinski definition) is 5. The first-order valence-corrected chi connectivity index (χ1v) is 7.46. The van der Waals surface area contributed by atoms with Gasteiger partial charge in [0.05, 0.1) is 17.7 Å². The van der Waals surface area contributed by atoms with Crippen LogP contribution < -0.4 is 5.73 Å². The van der Waals surface area contributed by atoms with Gasteiger partial charge in [0.2, 0.25) is 10.0 Å². The molecule has 0 spiro atoms. The molecule has 6 nitrogen and oxygen atoms in total. The maximum atomic E-state index is 13.1. The maximum absolute atomic E-state index is 13.1. The second-order valence-corrected chi connectivity index (χ2v) is 6.37. The Hall–Kier alpha value is -1.67. The zero-order valence-corrected chi connectivity index (χ0v) is 11.7. The van der Waals surface area contributed by atoms with Crippen LogP contribution in [0, 0.1) is 5.82 Å². The summed E-state index contributed by atoms with van der Waals surface area (Å²) in [5, 5.41) is 0. The molecule has 1 fully saturated rings. The molecule has 0 bridgehead atoms. The van der Waals surface area contributed by atoms with Gasteiger partial charge in [-0.05, 0) is 31.0 Å². The average Bonchev–Trinajstić information content (AvgIpc) is 2.90. The smallest absolute Gasteiger partial charge is 0.324 e. The highest BCUT2D eigenvalue weighted by Crippen LogP contribution is 2.28. The van der Waals surface area contributed by atoms with Crippen LogP contribution in [-0.2, 0) is 19.6 Å². The fourth-order valence-electron chi connectivity index (χ4n) is 2.22. The fourth-order valence-corrected chi connectivity index (χ4v) is 3.90. The van der Waals surface area contributed by atoms with Crippen molar-refractivity contribution in [3.05, 3.63) is 24.0 Å². The summed E-state index contributed by atoms with van der Waals surface area (Å²) in [4.78, 5) is 11.5. The van der Waals surface area contributed by atoms with Crippen molar-refractivity contribution in [1.82, 2.24) is 4.31 Å². The van der Waals surface area contributed by atoms with Gasteiger partial charge in [0.25, 0.3) is 0 Å². The van der Waals surface area contributed by atoms with E-state index < -0.39 is 27.9 Å². The van der Waals surface area contributed by atoms with Gasteiger partial charge in [-0.15, -0.1) is 0 Å². The number of benzene rings is 1. The summed E-state index contributed by atoms with van der Waals surface area (Å²) in [6.45, 7) is 0.222. The Balaban J connectivity index is 2.38. The van der Waals surface area contributed by atoms with Crippen molar-refractivity contribution in [3.63, 3.8) is 0 Å². The van der Waals surface area contributed by atoms with Crippen molar-refractivity contribution in [2.75, 3.05) is 19.4 Å². The molecule has 0 radical (unpaired) electrons. The third-order valence-corrected chi connectivity index (χ3v) is 5.16. The number of anilines is 1. The van der Waals surface area contributed by atoms with Crippen molar-refractivity contribution >= 4 is 21.7 Å². The van der Waals surface area contributed by atoms with E-state index in [2.05, 4.69) is 4.74 Å². The molecule has 0 aliphatic carbocycles. The Bertz CT molecular complexity index is 632. The molecule has 1 unspecified atom stereocenters. The highest BCUT2D eigenvalue weighted by atomic mass is 32.2. The summed E-state index contributed by atoms with van der Waals surface area (Å²) in [6.07, 6.45) is 0.970. The number of carbonyl (C=O) groups is 1. The summed E-state index contributed by atoms with van der Waals surface area (Å²) in [6, 6.07) is 2.34. The zero-order chi connectivity index (χ0) is 14.9. The summed E-state index contributed by atoms with van der Waals surface area (Å²) in [7, 11) is -2.69. The molecule has 0 amide bonds. The molecular formula is C12H15FN2O4S. The molecular weight excluding hydrogens is 287 g/mol. The quantitative estimate of drug-likeness (QED) is 0.657. The lowest BCUT2D eigenvalue weighted by molar-refractivity contribution is -0.144. The predicted octanol–water partition coefficient (Wildman–Crippen LogP) is 0.734. The molecule has 1 aliphatic rings. The Morgan fingerprint density at radius 1 is 1.50 bits per heavy atom. The normalized spacial score (nSPS) is 20.0. The monoisotopic (exact) mass is 302 g/mol. The molecule has 2 N–H and O–H groups in total. The van der Waals surface area contributed by atoms with Gasteiger partial charge in [0, 0.05) is 6.54 Å². The number of sulfonamides is 1. The van der Waals surface area contributed by atoms with Crippen molar-refractivity contribution in [2.45, 2.75) is 23.8 Å². The van der Waals surface area contributed by atoms with Crippen LogP contribution in [-0.4, -0.2) is 38.4 Å². The highest BCUT2D eigenvalue weighted by Gasteiger charge is 2.40. The summed E-state index contributed by atoms with van der Waals surface area (Å²) >= 11 is 0. The van der Waals surface area contributed by atoms with Gasteiger partial charge >= 0.3 is 5.97 Å². The number of halogens is 1. The number of nitrogen functional groups attached to an aromatic ring is 1. The number of ether oxygens (including phenoxy) is 1. The molecule has 1 saturated heterocycles. The maximum Gasteiger partial charge on any atom is 0.324 e. The predicted molar refractivity (Wildman–Crippen MR) is 69.7 cm³/mol. The van der Waals surface area contributed by atoms with Crippen molar-refractivity contribution in [1.29, 1.82) is 0 Å². The van der Waals surface area contributed by atoms with Crippen molar-refractivity contribution in [2.24, 2.45) is 0 Å². The minimum Gasteiger partial charge on any atom is -0.468 e. The van der Waals surface area contributed by atoms with E-state index in [9.17, 15) is 17.6 Å². The van der Waals surface area contributed by atoms with Crippen LogP contribution in [0.5, 0.6) is 0 Å². The topological polar surface area (TPSA) is 89.7 Å². The Labute approximate surface area is 116 Å². The first-order valence-electron chi connectivity index (χ1n) is 6.02. The molecule has 1 aliphatic heterocycles. The summed E-state index contributed by atoms with van der Waals surface area (Å²) < 4.78 is 43.7. The van der Waals surface area contributed by atoms with E-state index in [1.54, 1.807) is 0 Å². The third kappa shape index (κ3) is 2.48. The standard InChI is InChI=1S/C12H15FN2O4S/c1-19-12(16)11-3-2-6-15(11)20(17,18)8-4-5-9(13)10(14)7-8/h4-5,7,11H,2-3,6,14H2,1H3. The van der Waals surface area contributed by atoms with E-state index in [1.807, 2.05) is 0 Å². The first kappa shape index (κ1) is 14.7. The van der Waals surface area contributed by atoms with Crippen molar-refractivity contribution < 1.29 is 22.3 Å². The zero-order valence-electron chi connectivity index (χ0n) is 10.9. The van der Waals surface area contributed by atoms with Crippen LogP contribution in [0.4, 0.5) is 10.1 Å². The molecule has 0 saturated carbocycles. The number of esters is 1.